The Kier molecular flexibility index (Phi) is 7.75. The van der Waals surface area contributed by atoms with Crippen LogP contribution < -0.4 is 10.6 Å². The van der Waals surface area contributed by atoms with Gasteiger partial charge in [0.1, 0.15) is 0 Å². The number of nitrogens with zero attached hydrogens (tertiary/aromatic N) is 1. The molecule has 0 unspecified atom stereocenters. The van der Waals surface area contributed by atoms with E-state index in [1.165, 1.54) is 5.56 Å². The van der Waals surface area contributed by atoms with Gasteiger partial charge in [-0.25, -0.2) is 0 Å². The van der Waals surface area contributed by atoms with Gasteiger partial charge in [-0.3, -0.25) is 9.59 Å². The first-order valence-corrected chi connectivity index (χ1v) is 8.94. The Bertz CT molecular complexity index is 519. The van der Waals surface area contributed by atoms with Crippen molar-refractivity contribution in [2.24, 2.45) is 0 Å². The van der Waals surface area contributed by atoms with E-state index in [2.05, 4.69) is 22.8 Å². The maximum Gasteiger partial charge on any atom is 0.220 e. The zero-order chi connectivity index (χ0) is 17.2. The average molecular weight is 331 g/mol. The summed E-state index contributed by atoms with van der Waals surface area (Å²) in [5.41, 5.74) is 1.20. The van der Waals surface area contributed by atoms with E-state index < -0.39 is 0 Å². The molecule has 24 heavy (non-hydrogen) atoms. The third-order valence-corrected chi connectivity index (χ3v) is 4.50. The van der Waals surface area contributed by atoms with Crippen molar-refractivity contribution >= 4 is 11.8 Å². The Morgan fingerprint density at radius 3 is 2.58 bits per heavy atom. The Morgan fingerprint density at radius 1 is 1.08 bits per heavy atom. The highest BCUT2D eigenvalue weighted by atomic mass is 16.2. The summed E-state index contributed by atoms with van der Waals surface area (Å²) in [6, 6.07) is 10.2. The molecule has 132 valence electrons. The molecule has 1 aromatic rings. The Balaban J connectivity index is 1.95. The van der Waals surface area contributed by atoms with Gasteiger partial charge < -0.3 is 15.5 Å². The predicted octanol–water partition coefficient (Wildman–Crippen LogP) is 1.90. The fourth-order valence-corrected chi connectivity index (χ4v) is 3.08. The van der Waals surface area contributed by atoms with Crippen molar-refractivity contribution in [1.29, 1.82) is 0 Å². The molecule has 0 aromatic heterocycles. The summed E-state index contributed by atoms with van der Waals surface area (Å²) < 4.78 is 0. The zero-order valence-electron chi connectivity index (χ0n) is 14.6. The quantitative estimate of drug-likeness (QED) is 0.826. The second-order valence-corrected chi connectivity index (χ2v) is 6.43. The van der Waals surface area contributed by atoms with Crippen LogP contribution >= 0.6 is 0 Å². The molecular weight excluding hydrogens is 302 g/mol. The molecule has 1 fully saturated rings. The third-order valence-electron chi connectivity index (χ3n) is 4.50. The highest BCUT2D eigenvalue weighted by Gasteiger charge is 2.16. The lowest BCUT2D eigenvalue weighted by Gasteiger charge is -2.23. The average Bonchev–Trinajstić information content (AvgIpc) is 2.58. The summed E-state index contributed by atoms with van der Waals surface area (Å²) in [5.74, 6) is 0.394. The second kappa shape index (κ2) is 10.1. The fraction of sp³-hybridized carbons (Fsp3) is 0.579. The SMILES string of the molecule is CC(=O)N1CCCCNC[C@H](c2ccccc2)CC(=O)NCCC1. The molecule has 1 heterocycles. The van der Waals surface area contributed by atoms with Crippen LogP contribution in [0.3, 0.4) is 0 Å². The van der Waals surface area contributed by atoms with Crippen molar-refractivity contribution in [2.45, 2.75) is 38.5 Å². The molecule has 2 N–H and O–H groups in total. The number of nitrogens with one attached hydrogen (secondary N) is 2. The fourth-order valence-electron chi connectivity index (χ4n) is 3.08. The highest BCUT2D eigenvalue weighted by Crippen LogP contribution is 2.18. The number of rotatable bonds is 1. The topological polar surface area (TPSA) is 61.4 Å². The molecule has 0 radical (unpaired) electrons. The number of benzene rings is 1. The number of hydrogen-bond donors (Lipinski definition) is 2. The number of hydrogen-bond acceptors (Lipinski definition) is 3. The normalized spacial score (nSPS) is 21.6. The monoisotopic (exact) mass is 331 g/mol. The molecule has 5 heteroatoms. The lowest BCUT2D eigenvalue weighted by Crippen LogP contribution is -2.35. The van der Waals surface area contributed by atoms with Crippen molar-refractivity contribution in [1.82, 2.24) is 15.5 Å². The summed E-state index contributed by atoms with van der Waals surface area (Å²) in [6.07, 6.45) is 3.35. The second-order valence-electron chi connectivity index (χ2n) is 6.43. The van der Waals surface area contributed by atoms with Gasteiger partial charge in [0.05, 0.1) is 0 Å². The minimum absolute atomic E-state index is 0.0806. The van der Waals surface area contributed by atoms with Crippen molar-refractivity contribution < 1.29 is 9.59 Å². The molecular formula is C19H29N3O2. The minimum Gasteiger partial charge on any atom is -0.356 e. The van der Waals surface area contributed by atoms with E-state index in [1.54, 1.807) is 6.92 Å². The van der Waals surface area contributed by atoms with Crippen molar-refractivity contribution in [3.05, 3.63) is 35.9 Å². The summed E-state index contributed by atoms with van der Waals surface area (Å²) in [6.45, 7) is 5.46. The molecule has 1 saturated heterocycles. The third kappa shape index (κ3) is 6.32. The lowest BCUT2D eigenvalue weighted by atomic mass is 9.95. The molecule has 5 nitrogen and oxygen atoms in total. The van der Waals surface area contributed by atoms with Crippen molar-refractivity contribution in [3.8, 4) is 0 Å². The summed E-state index contributed by atoms with van der Waals surface area (Å²) in [7, 11) is 0. The van der Waals surface area contributed by atoms with Gasteiger partial charge in [0.15, 0.2) is 0 Å². The maximum absolute atomic E-state index is 12.2. The molecule has 1 atom stereocenters. The first-order chi connectivity index (χ1) is 11.7. The highest BCUT2D eigenvalue weighted by molar-refractivity contribution is 5.77. The molecule has 1 aromatic carbocycles. The molecule has 0 bridgehead atoms. The van der Waals surface area contributed by atoms with E-state index in [4.69, 9.17) is 0 Å². The molecule has 0 spiro atoms. The number of amides is 2. The van der Waals surface area contributed by atoms with Crippen LogP contribution in [0.2, 0.25) is 0 Å². The first-order valence-electron chi connectivity index (χ1n) is 8.94. The van der Waals surface area contributed by atoms with Gasteiger partial charge >= 0.3 is 0 Å². The number of carbonyl (C=O) groups excluding carboxylic acids is 2. The molecule has 1 aliphatic heterocycles. The zero-order valence-corrected chi connectivity index (χ0v) is 14.6. The van der Waals surface area contributed by atoms with Crippen molar-refractivity contribution in [2.75, 3.05) is 32.7 Å². The van der Waals surface area contributed by atoms with E-state index in [1.807, 2.05) is 23.1 Å². The van der Waals surface area contributed by atoms with Gasteiger partial charge in [0.2, 0.25) is 11.8 Å². The van der Waals surface area contributed by atoms with E-state index in [0.29, 0.717) is 19.5 Å². The van der Waals surface area contributed by atoms with E-state index in [-0.39, 0.29) is 17.7 Å². The van der Waals surface area contributed by atoms with Crippen LogP contribution in [0.1, 0.15) is 44.1 Å². The molecule has 2 rings (SSSR count). The van der Waals surface area contributed by atoms with Crippen LogP contribution in [-0.4, -0.2) is 49.4 Å². The molecule has 0 aliphatic carbocycles. The maximum atomic E-state index is 12.2. The van der Waals surface area contributed by atoms with Gasteiger partial charge in [-0.1, -0.05) is 30.3 Å². The molecule has 2 amide bonds. The van der Waals surface area contributed by atoms with Crippen LogP contribution in [0.15, 0.2) is 30.3 Å². The Morgan fingerprint density at radius 2 is 1.83 bits per heavy atom. The largest absolute Gasteiger partial charge is 0.356 e. The first kappa shape index (κ1) is 18.5. The van der Waals surface area contributed by atoms with Gasteiger partial charge in [-0.2, -0.15) is 0 Å². The van der Waals surface area contributed by atoms with Gasteiger partial charge in [0, 0.05) is 45.4 Å². The van der Waals surface area contributed by atoms with Crippen LogP contribution in [0.5, 0.6) is 0 Å². The standard InChI is InChI=1S/C19H29N3O2/c1-16(23)22-12-6-5-10-20-15-18(17-8-3-2-4-9-17)14-19(24)21-11-7-13-22/h2-4,8-9,18,20H,5-7,10-15H2,1H3,(H,21,24)/t18-/m1/s1. The van der Waals surface area contributed by atoms with Crippen LogP contribution in [-0.2, 0) is 9.59 Å². The summed E-state index contributed by atoms with van der Waals surface area (Å²) in [5, 5.41) is 6.46. The van der Waals surface area contributed by atoms with Crippen molar-refractivity contribution in [3.63, 3.8) is 0 Å². The minimum atomic E-state index is 0.0806. The van der Waals surface area contributed by atoms with Crippen LogP contribution in [0.4, 0.5) is 0 Å². The summed E-state index contributed by atoms with van der Waals surface area (Å²) >= 11 is 0. The lowest BCUT2D eigenvalue weighted by molar-refractivity contribution is -0.129. The molecule has 0 saturated carbocycles. The van der Waals surface area contributed by atoms with Gasteiger partial charge in [-0.05, 0) is 31.4 Å². The summed E-state index contributed by atoms with van der Waals surface area (Å²) in [4.78, 5) is 25.7. The van der Waals surface area contributed by atoms with Crippen LogP contribution in [0.25, 0.3) is 0 Å². The predicted molar refractivity (Wildman–Crippen MR) is 95.8 cm³/mol. The Labute approximate surface area is 144 Å². The van der Waals surface area contributed by atoms with E-state index in [9.17, 15) is 9.59 Å². The van der Waals surface area contributed by atoms with Crippen LogP contribution in [0, 0.1) is 0 Å². The number of carbonyl (C=O) groups is 2. The molecule has 1 aliphatic rings. The van der Waals surface area contributed by atoms with Gasteiger partial charge in [0.25, 0.3) is 0 Å². The van der Waals surface area contributed by atoms with E-state index >= 15 is 0 Å². The smallest absolute Gasteiger partial charge is 0.220 e. The Hall–Kier alpha value is -1.88. The van der Waals surface area contributed by atoms with Gasteiger partial charge in [-0.15, -0.1) is 0 Å². The van der Waals surface area contributed by atoms with E-state index in [0.717, 1.165) is 38.9 Å².